The van der Waals surface area contributed by atoms with E-state index in [0.29, 0.717) is 17.5 Å². The number of amides is 3. The van der Waals surface area contributed by atoms with Crippen LogP contribution >= 0.6 is 0 Å². The molecule has 0 unspecified atom stereocenters. The van der Waals surface area contributed by atoms with Crippen LogP contribution in [0, 0.1) is 5.53 Å². The molecule has 0 spiro atoms. The lowest BCUT2D eigenvalue weighted by Crippen LogP contribution is -2.22. The number of benzene rings is 2. The number of urea groups is 1. The summed E-state index contributed by atoms with van der Waals surface area (Å²) in [5.41, 5.74) is 5.72. The summed E-state index contributed by atoms with van der Waals surface area (Å²) in [6.45, 7) is 0. The molecule has 2 aromatic carbocycles. The average Bonchev–Trinajstić information content (AvgIpc) is 2.79. The molecule has 3 amide bonds. The Kier molecular flexibility index (Phi) is 6.81. The van der Waals surface area contributed by atoms with Crippen LogP contribution in [0.4, 0.5) is 35.2 Å². The second-order valence-electron chi connectivity index (χ2n) is 6.41. The number of ether oxygens (including phenoxy) is 1. The van der Waals surface area contributed by atoms with Crippen LogP contribution in [0.1, 0.15) is 15.9 Å². The van der Waals surface area contributed by atoms with Gasteiger partial charge >= 0.3 is 12.2 Å². The first kappa shape index (κ1) is 23.1. The van der Waals surface area contributed by atoms with E-state index < -0.39 is 23.7 Å². The Bertz CT molecular complexity index is 1180. The van der Waals surface area contributed by atoms with Crippen molar-refractivity contribution in [1.29, 1.82) is 5.53 Å². The highest BCUT2D eigenvalue weighted by Gasteiger charge is 2.32. The molecule has 3 aromatic rings. The van der Waals surface area contributed by atoms with E-state index in [0.717, 1.165) is 12.1 Å². The molecule has 13 heteroatoms. The molecule has 0 aliphatic carbocycles. The van der Waals surface area contributed by atoms with Crippen molar-refractivity contribution in [2.24, 2.45) is 5.11 Å². The van der Waals surface area contributed by atoms with Crippen molar-refractivity contribution in [2.75, 3.05) is 17.7 Å². The fraction of sp³-hybridized carbons (Fsp3) is 0.100. The van der Waals surface area contributed by atoms with Gasteiger partial charge in [0.05, 0.1) is 5.56 Å². The number of aromatic nitrogens is 2. The molecule has 0 saturated carbocycles. The quantitative estimate of drug-likeness (QED) is 0.386. The molecule has 0 aliphatic heterocycles. The third kappa shape index (κ3) is 6.22. The largest absolute Gasteiger partial charge is 0.439 e. The van der Waals surface area contributed by atoms with Gasteiger partial charge in [0.25, 0.3) is 5.91 Å². The van der Waals surface area contributed by atoms with Crippen LogP contribution in [0.3, 0.4) is 0 Å². The van der Waals surface area contributed by atoms with Crippen molar-refractivity contribution in [1.82, 2.24) is 15.3 Å². The topological polar surface area (TPSA) is 141 Å². The van der Waals surface area contributed by atoms with E-state index in [1.165, 1.54) is 43.7 Å². The zero-order chi connectivity index (χ0) is 24.0. The number of hydrogen-bond donors (Lipinski definition) is 4. The Balaban J connectivity index is 1.69. The molecule has 1 heterocycles. The van der Waals surface area contributed by atoms with E-state index in [4.69, 9.17) is 10.3 Å². The molecule has 33 heavy (non-hydrogen) atoms. The molecular formula is C20H16F3N7O3. The standard InChI is InChI=1S/C20H16F3N7O3/c1-25-18(31)11-6-12(20(21,22)23)8-14(7-11)29-19(32)28-13-2-4-15(5-3-13)33-17-9-16(30-24)26-10-27-17/h2-10,24H,1H3,(H,25,31)(H2,28,29,32). The number of hydrogen-bond acceptors (Lipinski definition) is 7. The van der Waals surface area contributed by atoms with E-state index in [2.05, 4.69) is 31.0 Å². The molecule has 0 radical (unpaired) electrons. The molecular weight excluding hydrogens is 443 g/mol. The lowest BCUT2D eigenvalue weighted by molar-refractivity contribution is -0.137. The number of carbonyl (C=O) groups excluding carboxylic acids is 2. The molecule has 0 bridgehead atoms. The normalized spacial score (nSPS) is 10.8. The summed E-state index contributed by atoms with van der Waals surface area (Å²) in [5.74, 6) is -0.0916. The lowest BCUT2D eigenvalue weighted by atomic mass is 10.1. The van der Waals surface area contributed by atoms with Gasteiger partial charge in [-0.15, -0.1) is 5.11 Å². The van der Waals surface area contributed by atoms with Gasteiger partial charge in [0.15, 0.2) is 5.82 Å². The molecule has 1 aromatic heterocycles. The van der Waals surface area contributed by atoms with Crippen LogP contribution in [0.25, 0.3) is 0 Å². The first-order valence-corrected chi connectivity index (χ1v) is 9.18. The molecule has 0 atom stereocenters. The van der Waals surface area contributed by atoms with Crippen LogP contribution in [-0.4, -0.2) is 29.0 Å². The molecule has 170 valence electrons. The van der Waals surface area contributed by atoms with Gasteiger partial charge in [0, 0.05) is 30.1 Å². The van der Waals surface area contributed by atoms with Crippen LogP contribution in [-0.2, 0) is 6.18 Å². The summed E-state index contributed by atoms with van der Waals surface area (Å²) in [7, 11) is 1.28. The third-order valence-electron chi connectivity index (χ3n) is 4.08. The minimum Gasteiger partial charge on any atom is -0.439 e. The molecule has 4 N–H and O–H groups in total. The van der Waals surface area contributed by atoms with Gasteiger partial charge in [-0.05, 0) is 42.5 Å². The zero-order valence-electron chi connectivity index (χ0n) is 16.9. The number of anilines is 2. The van der Waals surface area contributed by atoms with Crippen molar-refractivity contribution in [3.05, 3.63) is 66.0 Å². The molecule has 0 aliphatic rings. The minimum atomic E-state index is -4.70. The fourth-order valence-corrected chi connectivity index (χ4v) is 2.61. The average molecular weight is 459 g/mol. The Labute approximate surface area is 184 Å². The summed E-state index contributed by atoms with van der Waals surface area (Å²) >= 11 is 0. The second kappa shape index (κ2) is 9.72. The first-order chi connectivity index (χ1) is 15.7. The van der Waals surface area contributed by atoms with Crippen molar-refractivity contribution >= 4 is 29.1 Å². The highest BCUT2D eigenvalue weighted by Crippen LogP contribution is 2.32. The van der Waals surface area contributed by atoms with Crippen LogP contribution in [0.15, 0.2) is 60.0 Å². The van der Waals surface area contributed by atoms with Gasteiger partial charge in [0.2, 0.25) is 5.88 Å². The maximum atomic E-state index is 13.1. The van der Waals surface area contributed by atoms with Crippen molar-refractivity contribution < 1.29 is 27.5 Å². The number of halogens is 3. The van der Waals surface area contributed by atoms with Gasteiger partial charge in [-0.3, -0.25) is 4.79 Å². The van der Waals surface area contributed by atoms with Gasteiger partial charge in [0.1, 0.15) is 12.1 Å². The predicted molar refractivity (Wildman–Crippen MR) is 111 cm³/mol. The van der Waals surface area contributed by atoms with Crippen molar-refractivity contribution in [3.63, 3.8) is 0 Å². The van der Waals surface area contributed by atoms with E-state index in [9.17, 15) is 22.8 Å². The predicted octanol–water partition coefficient (Wildman–Crippen LogP) is 4.95. The SMILES string of the molecule is CNC(=O)c1cc(NC(=O)Nc2ccc(Oc3cc(N=N)ncn3)cc2)cc(C(F)(F)F)c1. The third-order valence-corrected chi connectivity index (χ3v) is 4.08. The van der Waals surface area contributed by atoms with E-state index >= 15 is 0 Å². The maximum absolute atomic E-state index is 13.1. The number of nitrogens with one attached hydrogen (secondary N) is 4. The monoisotopic (exact) mass is 459 g/mol. The second-order valence-corrected chi connectivity index (χ2v) is 6.41. The number of nitrogens with zero attached hydrogens (tertiary/aromatic N) is 3. The first-order valence-electron chi connectivity index (χ1n) is 9.18. The summed E-state index contributed by atoms with van der Waals surface area (Å²) in [5, 5.41) is 10.2. The zero-order valence-corrected chi connectivity index (χ0v) is 16.9. The summed E-state index contributed by atoms with van der Waals surface area (Å²) < 4.78 is 44.9. The molecule has 0 saturated heterocycles. The van der Waals surface area contributed by atoms with Crippen LogP contribution in [0.5, 0.6) is 11.6 Å². The van der Waals surface area contributed by atoms with Crippen molar-refractivity contribution in [3.8, 4) is 11.6 Å². The lowest BCUT2D eigenvalue weighted by Gasteiger charge is -2.13. The number of carbonyl (C=O) groups is 2. The maximum Gasteiger partial charge on any atom is 0.416 e. The number of rotatable bonds is 6. The van der Waals surface area contributed by atoms with E-state index in [1.807, 2.05) is 0 Å². The minimum absolute atomic E-state index is 0.115. The smallest absolute Gasteiger partial charge is 0.416 e. The van der Waals surface area contributed by atoms with Crippen molar-refractivity contribution in [2.45, 2.75) is 6.18 Å². The molecule has 0 fully saturated rings. The summed E-state index contributed by atoms with van der Waals surface area (Å²) in [6, 6.07) is 9.11. The Hall–Kier alpha value is -4.55. The highest BCUT2D eigenvalue weighted by molar-refractivity contribution is 6.01. The highest BCUT2D eigenvalue weighted by atomic mass is 19.4. The van der Waals surface area contributed by atoms with Gasteiger partial charge in [-0.25, -0.2) is 20.3 Å². The van der Waals surface area contributed by atoms with Gasteiger partial charge < -0.3 is 20.7 Å². The molecule has 10 nitrogen and oxygen atoms in total. The van der Waals surface area contributed by atoms with E-state index in [-0.39, 0.29) is 22.9 Å². The summed E-state index contributed by atoms with van der Waals surface area (Å²) in [4.78, 5) is 31.7. The fourth-order valence-electron chi connectivity index (χ4n) is 2.61. The van der Waals surface area contributed by atoms with Crippen LogP contribution in [0.2, 0.25) is 0 Å². The Morgan fingerprint density at radius 1 is 1.00 bits per heavy atom. The van der Waals surface area contributed by atoms with Crippen LogP contribution < -0.4 is 20.7 Å². The Morgan fingerprint density at radius 2 is 1.70 bits per heavy atom. The van der Waals surface area contributed by atoms with E-state index in [1.54, 1.807) is 0 Å². The molecule has 3 rings (SSSR count). The van der Waals surface area contributed by atoms with Gasteiger partial charge in [-0.1, -0.05) is 0 Å². The summed E-state index contributed by atoms with van der Waals surface area (Å²) in [6.07, 6.45) is -3.52. The Morgan fingerprint density at radius 3 is 2.33 bits per heavy atom. The number of alkyl halides is 3. The van der Waals surface area contributed by atoms with Gasteiger partial charge in [-0.2, -0.15) is 13.2 Å².